The van der Waals surface area contributed by atoms with Gasteiger partial charge in [0.25, 0.3) is 0 Å². The lowest BCUT2D eigenvalue weighted by Gasteiger charge is -2.03. The van der Waals surface area contributed by atoms with Gasteiger partial charge in [-0.3, -0.25) is 0 Å². The lowest BCUT2D eigenvalue weighted by Crippen LogP contribution is -1.80. The molecular weight excluding hydrogens is 567 g/mol. The molecule has 0 aliphatic carbocycles. The van der Waals surface area contributed by atoms with Gasteiger partial charge < -0.3 is 0 Å². The summed E-state index contributed by atoms with van der Waals surface area (Å²) in [7, 11) is 0. The summed E-state index contributed by atoms with van der Waals surface area (Å²) in [5, 5.41) is 0. The zero-order valence-electron chi connectivity index (χ0n) is 21.7. The van der Waals surface area contributed by atoms with Crippen LogP contribution in [0.15, 0.2) is 133 Å². The van der Waals surface area contributed by atoms with Crippen LogP contribution in [-0.2, 0) is 0 Å². The second-order valence-corrected chi connectivity index (χ2v) is 12.9. The number of thiophene rings is 3. The highest BCUT2D eigenvalue weighted by atomic mass is 32.1. The van der Waals surface area contributed by atoms with Crippen LogP contribution in [0.3, 0.4) is 0 Å². The van der Waals surface area contributed by atoms with Crippen LogP contribution in [0, 0.1) is 11.6 Å². The van der Waals surface area contributed by atoms with Crippen molar-refractivity contribution in [3.63, 3.8) is 0 Å². The number of rotatable bonds is 6. The van der Waals surface area contributed by atoms with E-state index in [4.69, 9.17) is 0 Å². The third kappa shape index (κ3) is 5.44. The van der Waals surface area contributed by atoms with E-state index in [9.17, 15) is 8.78 Å². The van der Waals surface area contributed by atoms with E-state index in [1.54, 1.807) is 46.9 Å². The third-order valence-electron chi connectivity index (χ3n) is 6.96. The first kappa shape index (κ1) is 25.8. The minimum atomic E-state index is -0.222. The van der Waals surface area contributed by atoms with E-state index < -0.39 is 0 Å². The fourth-order valence-electron chi connectivity index (χ4n) is 4.84. The summed E-state index contributed by atoms with van der Waals surface area (Å²) in [5.41, 5.74) is 6.09. The molecule has 0 spiro atoms. The van der Waals surface area contributed by atoms with Crippen molar-refractivity contribution in [2.45, 2.75) is 0 Å². The molecule has 3 aromatic heterocycles. The molecule has 0 N–H and O–H groups in total. The van der Waals surface area contributed by atoms with Gasteiger partial charge in [0.15, 0.2) is 0 Å². The normalized spacial score (nSPS) is 11.2. The predicted molar refractivity (Wildman–Crippen MR) is 173 cm³/mol. The van der Waals surface area contributed by atoms with E-state index in [1.807, 2.05) is 23.5 Å². The SMILES string of the molecule is Fc1cccc(-c2ccc(-c3ccc(-c4ccc(-c5ccc(-c6ccc(-c7cccc(F)c7)cc6)s5)s4)s3)cc2)c1. The number of hydrogen-bond acceptors (Lipinski definition) is 3. The summed E-state index contributed by atoms with van der Waals surface area (Å²) in [6.45, 7) is 0. The van der Waals surface area contributed by atoms with Crippen molar-refractivity contribution in [3.05, 3.63) is 145 Å². The number of benzene rings is 4. The van der Waals surface area contributed by atoms with Crippen LogP contribution < -0.4 is 0 Å². The van der Waals surface area contributed by atoms with Crippen LogP contribution in [-0.4, -0.2) is 0 Å². The van der Waals surface area contributed by atoms with Crippen LogP contribution in [0.1, 0.15) is 0 Å². The van der Waals surface area contributed by atoms with Gasteiger partial charge in [-0.15, -0.1) is 34.0 Å². The minimum Gasteiger partial charge on any atom is -0.207 e. The smallest absolute Gasteiger partial charge is 0.123 e. The highest BCUT2D eigenvalue weighted by Crippen LogP contribution is 2.43. The Labute approximate surface area is 249 Å². The topological polar surface area (TPSA) is 0 Å². The molecule has 0 fully saturated rings. The zero-order chi connectivity index (χ0) is 27.8. The Balaban J connectivity index is 1.07. The van der Waals surface area contributed by atoms with Crippen molar-refractivity contribution in [2.75, 3.05) is 0 Å². The standard InChI is InChI=1S/C36H22F2S3/c37-29-5-1-3-27(21-29)23-7-11-25(12-8-23)31-15-17-33(39-31)35-19-20-36(41-35)34-18-16-32(40-34)26-13-9-24(10-14-26)28-4-2-6-30(38)22-28/h1-22H. The molecule has 4 aromatic carbocycles. The molecule has 0 saturated carbocycles. The molecule has 198 valence electrons. The maximum atomic E-state index is 13.6. The first-order valence-electron chi connectivity index (χ1n) is 13.1. The van der Waals surface area contributed by atoms with Gasteiger partial charge in [0, 0.05) is 29.3 Å². The molecule has 0 amide bonds. The highest BCUT2D eigenvalue weighted by Gasteiger charge is 2.12. The van der Waals surface area contributed by atoms with Gasteiger partial charge in [0.1, 0.15) is 11.6 Å². The molecular formula is C36H22F2S3. The van der Waals surface area contributed by atoms with E-state index in [0.29, 0.717) is 0 Å². The van der Waals surface area contributed by atoms with Crippen LogP contribution >= 0.6 is 34.0 Å². The lowest BCUT2D eigenvalue weighted by molar-refractivity contribution is 0.628. The van der Waals surface area contributed by atoms with E-state index >= 15 is 0 Å². The second-order valence-electron chi connectivity index (χ2n) is 9.67. The van der Waals surface area contributed by atoms with Gasteiger partial charge in [-0.05, 0) is 94.0 Å². The zero-order valence-corrected chi connectivity index (χ0v) is 24.1. The molecule has 0 bridgehead atoms. The molecule has 0 unspecified atom stereocenters. The van der Waals surface area contributed by atoms with Crippen LogP contribution in [0.5, 0.6) is 0 Å². The Hall–Kier alpha value is -4.16. The van der Waals surface area contributed by atoms with Crippen molar-refractivity contribution >= 4 is 34.0 Å². The van der Waals surface area contributed by atoms with Crippen molar-refractivity contribution in [1.29, 1.82) is 0 Å². The molecule has 0 aliphatic heterocycles. The van der Waals surface area contributed by atoms with Crippen molar-refractivity contribution in [3.8, 4) is 62.6 Å². The molecule has 5 heteroatoms. The fraction of sp³-hybridized carbons (Fsp3) is 0. The van der Waals surface area contributed by atoms with Crippen molar-refractivity contribution in [2.24, 2.45) is 0 Å². The molecule has 0 saturated heterocycles. The molecule has 3 heterocycles. The Bertz CT molecular complexity index is 1820. The van der Waals surface area contributed by atoms with Crippen LogP contribution in [0.25, 0.3) is 62.6 Å². The van der Waals surface area contributed by atoms with E-state index in [1.165, 1.54) is 41.4 Å². The monoisotopic (exact) mass is 588 g/mol. The lowest BCUT2D eigenvalue weighted by atomic mass is 10.0. The van der Waals surface area contributed by atoms with Gasteiger partial charge in [0.2, 0.25) is 0 Å². The Morgan fingerprint density at radius 2 is 0.610 bits per heavy atom. The van der Waals surface area contributed by atoms with Gasteiger partial charge in [-0.25, -0.2) is 8.78 Å². The first-order valence-corrected chi connectivity index (χ1v) is 15.6. The summed E-state index contributed by atoms with van der Waals surface area (Å²) in [5.74, 6) is -0.445. The summed E-state index contributed by atoms with van der Waals surface area (Å²) in [4.78, 5) is 7.41. The summed E-state index contributed by atoms with van der Waals surface area (Å²) in [6.07, 6.45) is 0. The van der Waals surface area contributed by atoms with E-state index in [-0.39, 0.29) is 11.6 Å². The molecule has 7 rings (SSSR count). The Kier molecular flexibility index (Phi) is 6.93. The summed E-state index contributed by atoms with van der Waals surface area (Å²) >= 11 is 5.38. The van der Waals surface area contributed by atoms with E-state index in [0.717, 1.165) is 33.4 Å². The van der Waals surface area contributed by atoms with Crippen molar-refractivity contribution < 1.29 is 8.78 Å². The molecule has 41 heavy (non-hydrogen) atoms. The van der Waals surface area contributed by atoms with E-state index in [2.05, 4.69) is 84.9 Å². The Morgan fingerprint density at radius 1 is 0.293 bits per heavy atom. The average Bonchev–Trinajstić information content (AvgIpc) is 3.78. The number of hydrogen-bond donors (Lipinski definition) is 0. The van der Waals surface area contributed by atoms with Crippen molar-refractivity contribution in [1.82, 2.24) is 0 Å². The Morgan fingerprint density at radius 3 is 0.976 bits per heavy atom. The second kappa shape index (κ2) is 11.0. The van der Waals surface area contributed by atoms with Gasteiger partial charge in [0.05, 0.1) is 0 Å². The molecule has 0 nitrogen and oxygen atoms in total. The molecule has 7 aromatic rings. The molecule has 0 aliphatic rings. The quantitative estimate of drug-likeness (QED) is 0.181. The maximum absolute atomic E-state index is 13.6. The van der Waals surface area contributed by atoms with Gasteiger partial charge in [-0.2, -0.15) is 0 Å². The number of halogens is 2. The first-order chi connectivity index (χ1) is 20.1. The summed E-state index contributed by atoms with van der Waals surface area (Å²) in [6, 6.07) is 43.2. The third-order valence-corrected chi connectivity index (χ3v) is 10.7. The molecule has 0 radical (unpaired) electrons. The average molecular weight is 589 g/mol. The molecule has 0 atom stereocenters. The fourth-order valence-corrected chi connectivity index (χ4v) is 8.05. The highest BCUT2D eigenvalue weighted by molar-refractivity contribution is 7.27. The van der Waals surface area contributed by atoms with Gasteiger partial charge in [-0.1, -0.05) is 72.8 Å². The largest absolute Gasteiger partial charge is 0.207 e. The van der Waals surface area contributed by atoms with Crippen LogP contribution in [0.4, 0.5) is 8.78 Å². The van der Waals surface area contributed by atoms with Crippen LogP contribution in [0.2, 0.25) is 0 Å². The predicted octanol–water partition coefficient (Wildman–Crippen LogP) is 12.2. The maximum Gasteiger partial charge on any atom is 0.123 e. The van der Waals surface area contributed by atoms with Gasteiger partial charge >= 0.3 is 0 Å². The summed E-state index contributed by atoms with van der Waals surface area (Å²) < 4.78 is 27.2. The minimum absolute atomic E-state index is 0.222.